The number of carbonyl (C=O) groups excluding carboxylic acids is 1. The van der Waals surface area contributed by atoms with E-state index in [4.69, 9.17) is 0 Å². The van der Waals surface area contributed by atoms with Crippen molar-refractivity contribution < 1.29 is 13.2 Å². The van der Waals surface area contributed by atoms with Crippen molar-refractivity contribution in [2.75, 3.05) is 5.75 Å². The minimum atomic E-state index is -3.61. The van der Waals surface area contributed by atoms with Gasteiger partial charge in [-0.05, 0) is 55.7 Å². The van der Waals surface area contributed by atoms with Gasteiger partial charge >= 0.3 is 0 Å². The van der Waals surface area contributed by atoms with E-state index in [0.717, 1.165) is 16.5 Å². The van der Waals surface area contributed by atoms with E-state index in [1.807, 2.05) is 38.1 Å². The van der Waals surface area contributed by atoms with Crippen molar-refractivity contribution in [3.05, 3.63) is 34.3 Å². The van der Waals surface area contributed by atoms with E-state index in [0.29, 0.717) is 18.8 Å². The Morgan fingerprint density at radius 2 is 1.84 bits per heavy atom. The first-order valence-corrected chi connectivity index (χ1v) is 11.2. The molecular formula is C19H26BrNO3S. The molecule has 2 atom stereocenters. The number of hydrogen-bond donors (Lipinski definition) is 1. The van der Waals surface area contributed by atoms with Gasteiger partial charge in [-0.3, -0.25) is 4.79 Å². The molecule has 2 fully saturated rings. The lowest BCUT2D eigenvalue weighted by Crippen LogP contribution is -2.49. The number of fused-ring (bicyclic) bond motifs is 2. The van der Waals surface area contributed by atoms with Crippen molar-refractivity contribution in [2.24, 2.45) is 16.7 Å². The maximum Gasteiger partial charge on any atom is 0.213 e. The van der Waals surface area contributed by atoms with Crippen LogP contribution in [-0.2, 0) is 20.4 Å². The van der Waals surface area contributed by atoms with Crippen molar-refractivity contribution in [1.82, 2.24) is 4.72 Å². The van der Waals surface area contributed by atoms with E-state index in [1.165, 1.54) is 0 Å². The summed E-state index contributed by atoms with van der Waals surface area (Å²) in [6.45, 7) is 7.82. The Kier molecular flexibility index (Phi) is 4.49. The monoisotopic (exact) mass is 427 g/mol. The summed E-state index contributed by atoms with van der Waals surface area (Å²) in [5.41, 5.74) is -0.835. The Labute approximate surface area is 159 Å². The molecule has 1 aromatic carbocycles. The van der Waals surface area contributed by atoms with Gasteiger partial charge in [0.25, 0.3) is 0 Å². The van der Waals surface area contributed by atoms with Crippen LogP contribution in [0.2, 0.25) is 0 Å². The first-order valence-electron chi connectivity index (χ1n) is 8.71. The van der Waals surface area contributed by atoms with Crippen molar-refractivity contribution >= 4 is 31.7 Å². The fourth-order valence-electron chi connectivity index (χ4n) is 4.78. The number of rotatable bonds is 5. The van der Waals surface area contributed by atoms with Crippen molar-refractivity contribution in [2.45, 2.75) is 52.5 Å². The van der Waals surface area contributed by atoms with Gasteiger partial charge in [-0.2, -0.15) is 0 Å². The summed E-state index contributed by atoms with van der Waals surface area (Å²) in [6, 6.07) is 7.60. The molecule has 0 saturated heterocycles. The van der Waals surface area contributed by atoms with Crippen LogP contribution in [0.4, 0.5) is 0 Å². The van der Waals surface area contributed by atoms with Gasteiger partial charge in [0.1, 0.15) is 5.78 Å². The SMILES string of the molecule is CC(C)(NS(=O)(=O)CC12CCC(CC1=O)C2(C)C)c1ccc(Br)cc1. The van der Waals surface area contributed by atoms with Crippen LogP contribution in [0.1, 0.15) is 52.5 Å². The first kappa shape index (κ1) is 19.1. The number of halogens is 1. The van der Waals surface area contributed by atoms with E-state index >= 15 is 0 Å². The Morgan fingerprint density at radius 1 is 1.24 bits per heavy atom. The number of sulfonamides is 1. The number of carbonyl (C=O) groups is 1. The van der Waals surface area contributed by atoms with Crippen molar-refractivity contribution in [3.63, 3.8) is 0 Å². The first-order chi connectivity index (χ1) is 11.4. The minimum absolute atomic E-state index is 0.109. The second-order valence-electron chi connectivity index (χ2n) is 8.66. The fourth-order valence-corrected chi connectivity index (χ4v) is 7.34. The molecule has 0 aromatic heterocycles. The fraction of sp³-hybridized carbons (Fsp3) is 0.632. The highest BCUT2D eigenvalue weighted by atomic mass is 79.9. The lowest BCUT2D eigenvalue weighted by Gasteiger charge is -2.37. The summed E-state index contributed by atoms with van der Waals surface area (Å²) in [6.07, 6.45) is 2.16. The third kappa shape index (κ3) is 3.10. The average molecular weight is 428 g/mol. The van der Waals surface area contributed by atoms with Gasteiger partial charge in [-0.15, -0.1) is 0 Å². The molecule has 2 saturated carbocycles. The van der Waals surface area contributed by atoms with E-state index in [1.54, 1.807) is 0 Å². The smallest absolute Gasteiger partial charge is 0.213 e. The van der Waals surface area contributed by atoms with Crippen LogP contribution in [-0.4, -0.2) is 20.0 Å². The molecule has 138 valence electrons. The Bertz CT molecular complexity index is 798. The van der Waals surface area contributed by atoms with Crippen LogP contribution in [0.3, 0.4) is 0 Å². The molecule has 0 radical (unpaired) electrons. The highest BCUT2D eigenvalue weighted by Gasteiger charge is 2.65. The maximum absolute atomic E-state index is 13.0. The van der Waals surface area contributed by atoms with Crippen molar-refractivity contribution in [1.29, 1.82) is 0 Å². The Balaban J connectivity index is 1.85. The highest BCUT2D eigenvalue weighted by molar-refractivity contribution is 9.10. The second kappa shape index (κ2) is 5.89. The molecule has 2 bridgehead atoms. The van der Waals surface area contributed by atoms with E-state index in [-0.39, 0.29) is 17.0 Å². The normalized spacial score (nSPS) is 28.5. The van der Waals surface area contributed by atoms with Gasteiger partial charge < -0.3 is 0 Å². The van der Waals surface area contributed by atoms with Crippen LogP contribution in [0.15, 0.2) is 28.7 Å². The summed E-state index contributed by atoms with van der Waals surface area (Å²) < 4.78 is 29.8. The van der Waals surface area contributed by atoms with Gasteiger partial charge in [-0.1, -0.05) is 41.9 Å². The second-order valence-corrected chi connectivity index (χ2v) is 11.3. The zero-order chi connectivity index (χ0) is 18.7. The third-order valence-corrected chi connectivity index (χ3v) is 8.77. The van der Waals surface area contributed by atoms with Crippen LogP contribution in [0.5, 0.6) is 0 Å². The number of hydrogen-bond acceptors (Lipinski definition) is 3. The average Bonchev–Trinajstić information content (AvgIpc) is 2.80. The standard InChI is InChI=1S/C19H26BrNO3S/c1-17(2)14-9-10-19(17,16(22)11-14)12-25(23,24)21-18(3,4)13-5-7-15(20)8-6-13/h5-8,14,21H,9-12H2,1-4H3. The molecule has 0 amide bonds. The summed E-state index contributed by atoms with van der Waals surface area (Å²) >= 11 is 3.40. The van der Waals surface area contributed by atoms with E-state index in [9.17, 15) is 13.2 Å². The van der Waals surface area contributed by atoms with Crippen LogP contribution in [0.25, 0.3) is 0 Å². The third-order valence-electron chi connectivity index (χ3n) is 6.55. The predicted molar refractivity (Wildman–Crippen MR) is 103 cm³/mol. The molecule has 6 heteroatoms. The molecular weight excluding hydrogens is 402 g/mol. The zero-order valence-electron chi connectivity index (χ0n) is 15.2. The lowest BCUT2D eigenvalue weighted by atomic mass is 9.70. The quantitative estimate of drug-likeness (QED) is 0.771. The van der Waals surface area contributed by atoms with Crippen LogP contribution < -0.4 is 4.72 Å². The highest BCUT2D eigenvalue weighted by Crippen LogP contribution is 2.64. The van der Waals surface area contributed by atoms with E-state index < -0.39 is 21.0 Å². The molecule has 2 aliphatic rings. The van der Waals surface area contributed by atoms with Gasteiger partial charge in [0.15, 0.2) is 0 Å². The van der Waals surface area contributed by atoms with Gasteiger partial charge in [0.2, 0.25) is 10.0 Å². The van der Waals surface area contributed by atoms with Crippen molar-refractivity contribution in [3.8, 4) is 0 Å². The van der Waals surface area contributed by atoms with Gasteiger partial charge in [-0.25, -0.2) is 13.1 Å². The Morgan fingerprint density at radius 3 is 2.32 bits per heavy atom. The molecule has 1 aromatic rings. The topological polar surface area (TPSA) is 63.2 Å². The van der Waals surface area contributed by atoms with Gasteiger partial charge in [0.05, 0.1) is 11.3 Å². The summed E-state index contributed by atoms with van der Waals surface area (Å²) in [4.78, 5) is 12.6. The summed E-state index contributed by atoms with van der Waals surface area (Å²) in [7, 11) is -3.61. The number of ketones is 1. The molecule has 4 nitrogen and oxygen atoms in total. The lowest BCUT2D eigenvalue weighted by molar-refractivity contribution is -0.128. The zero-order valence-corrected chi connectivity index (χ0v) is 17.6. The molecule has 1 N–H and O–H groups in total. The maximum atomic E-state index is 13.0. The Hall–Kier alpha value is -0.720. The van der Waals surface area contributed by atoms with E-state index in [2.05, 4.69) is 34.5 Å². The van der Waals surface area contributed by atoms with Crippen LogP contribution in [0, 0.1) is 16.7 Å². The molecule has 0 heterocycles. The number of benzene rings is 1. The summed E-state index contributed by atoms with van der Waals surface area (Å²) in [5.74, 6) is 0.331. The molecule has 2 aliphatic carbocycles. The number of nitrogens with one attached hydrogen (secondary N) is 1. The molecule has 2 unspecified atom stereocenters. The van der Waals surface area contributed by atoms with Crippen LogP contribution >= 0.6 is 15.9 Å². The largest absolute Gasteiger partial charge is 0.299 e. The molecule has 0 spiro atoms. The molecule has 0 aliphatic heterocycles. The van der Waals surface area contributed by atoms with Gasteiger partial charge in [0, 0.05) is 16.3 Å². The summed E-state index contributed by atoms with van der Waals surface area (Å²) in [5, 5.41) is 0. The minimum Gasteiger partial charge on any atom is -0.299 e. The predicted octanol–water partition coefficient (Wildman–Crippen LogP) is 4.00. The number of Topliss-reactive ketones (excluding diaryl/α,β-unsaturated/α-hetero) is 1. The molecule has 25 heavy (non-hydrogen) atoms. The molecule has 3 rings (SSSR count).